The van der Waals surface area contributed by atoms with Crippen molar-refractivity contribution >= 4 is 11.9 Å². The smallest absolute Gasteiger partial charge is 0.324 e. The zero-order valence-corrected chi connectivity index (χ0v) is 8.23. The molecule has 4 N–H and O–H groups in total. The van der Waals surface area contributed by atoms with Crippen LogP contribution in [-0.2, 0) is 9.59 Å². The second-order valence-electron chi connectivity index (χ2n) is 4.18. The third-order valence-corrected chi connectivity index (χ3v) is 3.05. The number of carboxylic acids is 2. The van der Waals surface area contributed by atoms with Crippen LogP contribution in [0.1, 0.15) is 20.3 Å². The molecule has 80 valence electrons. The van der Waals surface area contributed by atoms with Gasteiger partial charge in [0.25, 0.3) is 0 Å². The third kappa shape index (κ3) is 1.48. The Morgan fingerprint density at radius 2 is 1.93 bits per heavy atom. The Balaban J connectivity index is 2.83. The van der Waals surface area contributed by atoms with E-state index in [-0.39, 0.29) is 5.92 Å². The average molecular weight is 201 g/mol. The summed E-state index contributed by atoms with van der Waals surface area (Å²) in [6.45, 7) is 3.40. The van der Waals surface area contributed by atoms with E-state index in [1.807, 2.05) is 0 Å². The number of carbonyl (C=O) groups is 2. The van der Waals surface area contributed by atoms with Crippen LogP contribution in [0, 0.1) is 17.8 Å². The van der Waals surface area contributed by atoms with E-state index in [4.69, 9.17) is 15.9 Å². The van der Waals surface area contributed by atoms with Gasteiger partial charge in [0.15, 0.2) is 0 Å². The lowest BCUT2D eigenvalue weighted by molar-refractivity contribution is -0.147. The van der Waals surface area contributed by atoms with Gasteiger partial charge >= 0.3 is 11.9 Å². The Hall–Kier alpha value is -1.10. The Morgan fingerprint density at radius 3 is 2.14 bits per heavy atom. The van der Waals surface area contributed by atoms with Crippen LogP contribution in [0.2, 0.25) is 0 Å². The van der Waals surface area contributed by atoms with Crippen molar-refractivity contribution in [2.75, 3.05) is 0 Å². The van der Waals surface area contributed by atoms with Crippen LogP contribution < -0.4 is 5.73 Å². The van der Waals surface area contributed by atoms with E-state index in [0.717, 1.165) is 0 Å². The Bertz CT molecular complexity index is 276. The maximum atomic E-state index is 11.0. The Labute approximate surface area is 81.9 Å². The fourth-order valence-corrected chi connectivity index (χ4v) is 1.83. The van der Waals surface area contributed by atoms with E-state index in [1.54, 1.807) is 13.8 Å². The lowest BCUT2D eigenvalue weighted by Gasteiger charge is -2.29. The normalized spacial score (nSPS) is 29.7. The molecule has 1 fully saturated rings. The summed E-state index contributed by atoms with van der Waals surface area (Å²) >= 11 is 0. The molecule has 14 heavy (non-hydrogen) atoms. The molecule has 0 saturated heterocycles. The summed E-state index contributed by atoms with van der Waals surface area (Å²) in [5.41, 5.74) is 4.35. The average Bonchev–Trinajstić information content (AvgIpc) is 2.80. The van der Waals surface area contributed by atoms with Crippen molar-refractivity contribution in [3.8, 4) is 0 Å². The van der Waals surface area contributed by atoms with E-state index < -0.39 is 29.3 Å². The van der Waals surface area contributed by atoms with Gasteiger partial charge in [-0.05, 0) is 12.3 Å². The summed E-state index contributed by atoms with van der Waals surface area (Å²) in [6.07, 6.45) is 0.371. The molecular weight excluding hydrogens is 186 g/mol. The largest absolute Gasteiger partial charge is 0.481 e. The van der Waals surface area contributed by atoms with Crippen LogP contribution in [0.3, 0.4) is 0 Å². The first-order valence-electron chi connectivity index (χ1n) is 4.56. The first-order chi connectivity index (χ1) is 6.31. The van der Waals surface area contributed by atoms with Crippen molar-refractivity contribution in [3.63, 3.8) is 0 Å². The van der Waals surface area contributed by atoms with Crippen molar-refractivity contribution in [2.45, 2.75) is 25.8 Å². The number of rotatable bonds is 4. The van der Waals surface area contributed by atoms with Crippen LogP contribution >= 0.6 is 0 Å². The zero-order valence-electron chi connectivity index (χ0n) is 8.23. The summed E-state index contributed by atoms with van der Waals surface area (Å²) in [5.74, 6) is -3.35. The molecule has 0 aromatic heterocycles. The van der Waals surface area contributed by atoms with E-state index in [9.17, 15) is 9.59 Å². The predicted octanol–water partition coefficient (Wildman–Crippen LogP) is 0.145. The van der Waals surface area contributed by atoms with Gasteiger partial charge in [0.1, 0.15) is 5.54 Å². The van der Waals surface area contributed by atoms with E-state index in [0.29, 0.717) is 6.42 Å². The maximum Gasteiger partial charge on any atom is 0.324 e. The molecule has 0 heterocycles. The minimum absolute atomic E-state index is 0.269. The highest BCUT2D eigenvalue weighted by Gasteiger charge is 2.59. The van der Waals surface area contributed by atoms with Crippen LogP contribution in [-0.4, -0.2) is 27.7 Å². The second kappa shape index (κ2) is 3.24. The van der Waals surface area contributed by atoms with Crippen LogP contribution in [0.5, 0.6) is 0 Å². The number of carboxylic acid groups (broad SMARTS) is 2. The lowest BCUT2D eigenvalue weighted by Crippen LogP contribution is -2.55. The topological polar surface area (TPSA) is 101 Å². The fraction of sp³-hybridized carbons (Fsp3) is 0.778. The van der Waals surface area contributed by atoms with Gasteiger partial charge in [0, 0.05) is 5.92 Å². The van der Waals surface area contributed by atoms with E-state index in [2.05, 4.69) is 0 Å². The molecule has 1 rings (SSSR count). The van der Waals surface area contributed by atoms with Gasteiger partial charge in [0.05, 0.1) is 5.92 Å². The highest BCUT2D eigenvalue weighted by Crippen LogP contribution is 2.48. The summed E-state index contributed by atoms with van der Waals surface area (Å²) in [6, 6.07) is 0. The maximum absolute atomic E-state index is 11.0. The molecule has 1 unspecified atom stereocenters. The first-order valence-corrected chi connectivity index (χ1v) is 4.56. The molecule has 0 amide bonds. The fourth-order valence-electron chi connectivity index (χ4n) is 1.83. The molecule has 1 aliphatic carbocycles. The monoisotopic (exact) mass is 201 g/mol. The number of hydrogen-bond acceptors (Lipinski definition) is 3. The quantitative estimate of drug-likeness (QED) is 0.600. The third-order valence-electron chi connectivity index (χ3n) is 3.05. The van der Waals surface area contributed by atoms with Gasteiger partial charge in [-0.3, -0.25) is 9.59 Å². The minimum atomic E-state index is -1.40. The summed E-state index contributed by atoms with van der Waals surface area (Å²) in [4.78, 5) is 21.6. The molecule has 0 radical (unpaired) electrons. The van der Waals surface area contributed by atoms with Crippen molar-refractivity contribution in [3.05, 3.63) is 0 Å². The molecule has 1 aliphatic rings. The standard InChI is InChI=1S/C9H15NO4/c1-4(2)9(10,8(13)14)6-3-5(6)7(11)12/h4-6H,3,10H2,1-2H3,(H,11,12)(H,13,14)/t5-,6-,9?/m0/s1. The first kappa shape index (κ1) is 11.0. The van der Waals surface area contributed by atoms with Gasteiger partial charge < -0.3 is 15.9 Å². The molecule has 5 nitrogen and oxygen atoms in total. The molecular formula is C9H15NO4. The minimum Gasteiger partial charge on any atom is -0.481 e. The Morgan fingerprint density at radius 1 is 1.43 bits per heavy atom. The van der Waals surface area contributed by atoms with Crippen molar-refractivity contribution in [1.29, 1.82) is 0 Å². The van der Waals surface area contributed by atoms with Crippen LogP contribution in [0.15, 0.2) is 0 Å². The number of nitrogens with two attached hydrogens (primary N) is 1. The van der Waals surface area contributed by atoms with Crippen molar-refractivity contribution < 1.29 is 19.8 Å². The SMILES string of the molecule is CC(C)C(N)(C(=O)O)[C@H]1C[C@@H]1C(=O)O. The summed E-state index contributed by atoms with van der Waals surface area (Å²) in [5, 5.41) is 17.7. The van der Waals surface area contributed by atoms with Crippen LogP contribution in [0.4, 0.5) is 0 Å². The lowest BCUT2D eigenvalue weighted by atomic mass is 9.82. The van der Waals surface area contributed by atoms with E-state index >= 15 is 0 Å². The molecule has 0 aromatic carbocycles. The second-order valence-corrected chi connectivity index (χ2v) is 4.18. The van der Waals surface area contributed by atoms with Crippen LogP contribution in [0.25, 0.3) is 0 Å². The van der Waals surface area contributed by atoms with Gasteiger partial charge in [-0.1, -0.05) is 13.8 Å². The molecule has 0 aromatic rings. The summed E-state index contributed by atoms with van der Waals surface area (Å²) in [7, 11) is 0. The van der Waals surface area contributed by atoms with Crippen molar-refractivity contribution in [1.82, 2.24) is 0 Å². The summed E-state index contributed by atoms with van der Waals surface area (Å²) < 4.78 is 0. The van der Waals surface area contributed by atoms with E-state index in [1.165, 1.54) is 0 Å². The molecule has 3 atom stereocenters. The van der Waals surface area contributed by atoms with Gasteiger partial charge in [-0.25, -0.2) is 0 Å². The van der Waals surface area contributed by atoms with Gasteiger partial charge in [-0.15, -0.1) is 0 Å². The molecule has 0 bridgehead atoms. The van der Waals surface area contributed by atoms with Gasteiger partial charge in [0.2, 0.25) is 0 Å². The van der Waals surface area contributed by atoms with Crippen molar-refractivity contribution in [2.24, 2.45) is 23.5 Å². The highest BCUT2D eigenvalue weighted by molar-refractivity contribution is 5.83. The zero-order chi connectivity index (χ0) is 11.1. The predicted molar refractivity (Wildman–Crippen MR) is 48.6 cm³/mol. The number of hydrogen-bond donors (Lipinski definition) is 3. The Kier molecular flexibility index (Phi) is 2.54. The molecule has 5 heteroatoms. The number of aliphatic carboxylic acids is 2. The molecule has 0 spiro atoms. The molecule has 0 aliphatic heterocycles. The van der Waals surface area contributed by atoms with Gasteiger partial charge in [-0.2, -0.15) is 0 Å². The molecule has 1 saturated carbocycles. The highest BCUT2D eigenvalue weighted by atomic mass is 16.4.